The quantitative estimate of drug-likeness (QED) is 0.475. The van der Waals surface area contributed by atoms with Crippen LogP contribution in [-0.4, -0.2) is 76.2 Å². The number of nitrogens with zero attached hydrogens (tertiary/aromatic N) is 4. The van der Waals surface area contributed by atoms with E-state index in [1.165, 1.54) is 0 Å². The number of amides is 2. The molecule has 1 N–H and O–H groups in total. The van der Waals surface area contributed by atoms with Crippen LogP contribution in [0.3, 0.4) is 0 Å². The maximum absolute atomic E-state index is 12.3. The van der Waals surface area contributed by atoms with Crippen LogP contribution >= 0.6 is 11.8 Å². The zero-order chi connectivity index (χ0) is 23.1. The van der Waals surface area contributed by atoms with Crippen LogP contribution in [-0.2, 0) is 17.5 Å². The van der Waals surface area contributed by atoms with Gasteiger partial charge in [-0.2, -0.15) is 0 Å². The summed E-state index contributed by atoms with van der Waals surface area (Å²) in [5.41, 5.74) is -0.473. The molecule has 32 heavy (non-hydrogen) atoms. The van der Waals surface area contributed by atoms with Crippen LogP contribution in [0.1, 0.15) is 43.5 Å². The SMILES string of the molecule is Cn1ccnc1SCc1ccc(C(=O)NCCCN2CCN(C(=O)OC(C)(C)C)CC2)o1. The summed E-state index contributed by atoms with van der Waals surface area (Å²) in [6.45, 7) is 10.0. The molecule has 3 rings (SSSR count). The normalized spacial score (nSPS) is 15.1. The molecular weight excluding hydrogens is 430 g/mol. The number of ether oxygens (including phenoxy) is 1. The molecule has 0 aliphatic carbocycles. The minimum absolute atomic E-state index is 0.201. The van der Waals surface area contributed by atoms with Gasteiger partial charge in [0.15, 0.2) is 10.9 Å². The van der Waals surface area contributed by atoms with Gasteiger partial charge in [0.05, 0.1) is 5.75 Å². The lowest BCUT2D eigenvalue weighted by molar-refractivity contribution is 0.0144. The van der Waals surface area contributed by atoms with Crippen LogP contribution in [0.2, 0.25) is 0 Å². The molecule has 3 heterocycles. The number of nitrogens with one attached hydrogen (secondary N) is 1. The summed E-state index contributed by atoms with van der Waals surface area (Å²) in [5.74, 6) is 1.48. The van der Waals surface area contributed by atoms with E-state index in [0.29, 0.717) is 31.1 Å². The highest BCUT2D eigenvalue weighted by Crippen LogP contribution is 2.21. The monoisotopic (exact) mass is 463 g/mol. The van der Waals surface area contributed by atoms with Gasteiger partial charge in [-0.3, -0.25) is 9.69 Å². The van der Waals surface area contributed by atoms with Crippen molar-refractivity contribution < 1.29 is 18.7 Å². The van der Waals surface area contributed by atoms with E-state index in [-0.39, 0.29) is 12.0 Å². The van der Waals surface area contributed by atoms with Crippen molar-refractivity contribution in [3.63, 3.8) is 0 Å². The van der Waals surface area contributed by atoms with Gasteiger partial charge in [-0.1, -0.05) is 11.8 Å². The number of piperazine rings is 1. The molecule has 1 saturated heterocycles. The second kappa shape index (κ2) is 10.9. The van der Waals surface area contributed by atoms with Crippen LogP contribution in [0.4, 0.5) is 4.79 Å². The molecule has 0 spiro atoms. The summed E-state index contributed by atoms with van der Waals surface area (Å²) < 4.78 is 13.0. The van der Waals surface area contributed by atoms with Crippen molar-refractivity contribution in [3.8, 4) is 0 Å². The second-order valence-electron chi connectivity index (χ2n) is 8.79. The fourth-order valence-electron chi connectivity index (χ4n) is 3.28. The Morgan fingerprint density at radius 2 is 1.97 bits per heavy atom. The number of aryl methyl sites for hydroxylation is 1. The van der Waals surface area contributed by atoms with Crippen molar-refractivity contribution in [2.45, 2.75) is 43.7 Å². The molecule has 0 unspecified atom stereocenters. The Morgan fingerprint density at radius 3 is 2.62 bits per heavy atom. The molecular formula is C22H33N5O4S. The van der Waals surface area contributed by atoms with E-state index in [1.54, 1.807) is 28.9 Å². The highest BCUT2D eigenvalue weighted by Gasteiger charge is 2.25. The standard InChI is InChI=1S/C22H33N5O4S/c1-22(2,3)31-21(29)27-14-12-26(13-15-27)10-5-8-23-19(28)18-7-6-17(30-18)16-32-20-24-9-11-25(20)4/h6-7,9,11H,5,8,10,12-16H2,1-4H3,(H,23,28). The summed E-state index contributed by atoms with van der Waals surface area (Å²) >= 11 is 1.56. The van der Waals surface area contributed by atoms with Crippen molar-refractivity contribution in [1.82, 2.24) is 24.7 Å². The van der Waals surface area contributed by atoms with Gasteiger partial charge in [0.25, 0.3) is 5.91 Å². The smallest absolute Gasteiger partial charge is 0.410 e. The van der Waals surface area contributed by atoms with E-state index in [2.05, 4.69) is 15.2 Å². The summed E-state index contributed by atoms with van der Waals surface area (Å²) in [6.07, 6.45) is 4.23. The van der Waals surface area contributed by atoms with Gasteiger partial charge >= 0.3 is 6.09 Å². The maximum Gasteiger partial charge on any atom is 0.410 e. The van der Waals surface area contributed by atoms with Crippen molar-refractivity contribution in [2.24, 2.45) is 7.05 Å². The number of hydrogen-bond donors (Lipinski definition) is 1. The molecule has 0 saturated carbocycles. The first-order valence-corrected chi connectivity index (χ1v) is 11.9. The summed E-state index contributed by atoms with van der Waals surface area (Å²) in [4.78, 5) is 32.8. The second-order valence-corrected chi connectivity index (χ2v) is 9.74. The third-order valence-electron chi connectivity index (χ3n) is 4.97. The molecule has 1 aliphatic rings. The molecule has 0 aromatic carbocycles. The Bertz CT molecular complexity index is 896. The Labute approximate surface area is 193 Å². The number of rotatable bonds is 8. The zero-order valence-corrected chi connectivity index (χ0v) is 20.1. The number of hydrogen-bond acceptors (Lipinski definition) is 7. The maximum atomic E-state index is 12.3. The van der Waals surface area contributed by atoms with Gasteiger partial charge in [-0.05, 0) is 45.9 Å². The molecule has 2 aromatic heterocycles. The van der Waals surface area contributed by atoms with E-state index in [1.807, 2.05) is 44.6 Å². The third kappa shape index (κ3) is 7.30. The highest BCUT2D eigenvalue weighted by atomic mass is 32.2. The number of carbonyl (C=O) groups is 2. The number of furan rings is 1. The van der Waals surface area contributed by atoms with E-state index >= 15 is 0 Å². The average Bonchev–Trinajstić information content (AvgIpc) is 3.37. The Balaban J connectivity index is 1.31. The Kier molecular flexibility index (Phi) is 8.25. The molecule has 10 heteroatoms. The lowest BCUT2D eigenvalue weighted by Gasteiger charge is -2.35. The minimum atomic E-state index is -0.473. The van der Waals surface area contributed by atoms with E-state index in [0.717, 1.165) is 37.0 Å². The van der Waals surface area contributed by atoms with Gasteiger partial charge < -0.3 is 23.9 Å². The van der Waals surface area contributed by atoms with Crippen LogP contribution < -0.4 is 5.32 Å². The summed E-state index contributed by atoms with van der Waals surface area (Å²) in [7, 11) is 1.94. The van der Waals surface area contributed by atoms with Crippen LogP contribution in [0.5, 0.6) is 0 Å². The first kappa shape index (κ1) is 24.2. The van der Waals surface area contributed by atoms with Gasteiger partial charge in [-0.25, -0.2) is 9.78 Å². The number of carbonyl (C=O) groups excluding carboxylic acids is 2. The number of thioether (sulfide) groups is 1. The van der Waals surface area contributed by atoms with Crippen LogP contribution in [0, 0.1) is 0 Å². The first-order chi connectivity index (χ1) is 15.2. The van der Waals surface area contributed by atoms with Crippen molar-refractivity contribution in [2.75, 3.05) is 39.3 Å². The summed E-state index contributed by atoms with van der Waals surface area (Å²) in [6, 6.07) is 3.54. The molecule has 1 aliphatic heterocycles. The molecule has 2 amide bonds. The number of imidazole rings is 1. The molecule has 1 fully saturated rings. The topological polar surface area (TPSA) is 92.8 Å². The largest absolute Gasteiger partial charge is 0.455 e. The lowest BCUT2D eigenvalue weighted by atomic mass is 10.2. The van der Waals surface area contributed by atoms with E-state index in [4.69, 9.17) is 9.15 Å². The molecule has 176 valence electrons. The van der Waals surface area contributed by atoms with E-state index in [9.17, 15) is 9.59 Å². The average molecular weight is 464 g/mol. The summed E-state index contributed by atoms with van der Waals surface area (Å²) in [5, 5.41) is 3.82. The predicted octanol–water partition coefficient (Wildman–Crippen LogP) is 2.98. The minimum Gasteiger partial charge on any atom is -0.455 e. The third-order valence-corrected chi connectivity index (χ3v) is 6.05. The molecule has 0 atom stereocenters. The van der Waals surface area contributed by atoms with Gasteiger partial charge in [0.1, 0.15) is 11.4 Å². The molecule has 0 bridgehead atoms. The predicted molar refractivity (Wildman–Crippen MR) is 123 cm³/mol. The van der Waals surface area contributed by atoms with E-state index < -0.39 is 5.60 Å². The van der Waals surface area contributed by atoms with Crippen LogP contribution in [0.25, 0.3) is 0 Å². The molecule has 9 nitrogen and oxygen atoms in total. The first-order valence-electron chi connectivity index (χ1n) is 10.9. The number of aromatic nitrogens is 2. The fourth-order valence-corrected chi connectivity index (χ4v) is 4.10. The Hall–Kier alpha value is -2.46. The van der Waals surface area contributed by atoms with Crippen molar-refractivity contribution in [1.29, 1.82) is 0 Å². The molecule has 0 radical (unpaired) electrons. The highest BCUT2D eigenvalue weighted by molar-refractivity contribution is 7.98. The van der Waals surface area contributed by atoms with Crippen molar-refractivity contribution >= 4 is 23.8 Å². The zero-order valence-electron chi connectivity index (χ0n) is 19.3. The lowest BCUT2D eigenvalue weighted by Crippen LogP contribution is -2.50. The molecule has 2 aromatic rings. The Morgan fingerprint density at radius 1 is 1.22 bits per heavy atom. The fraction of sp³-hybridized carbons (Fsp3) is 0.591. The van der Waals surface area contributed by atoms with Gasteiger partial charge in [0.2, 0.25) is 0 Å². The van der Waals surface area contributed by atoms with Crippen molar-refractivity contribution in [3.05, 3.63) is 36.0 Å². The van der Waals surface area contributed by atoms with Gasteiger partial charge in [0, 0.05) is 52.2 Å². The van der Waals surface area contributed by atoms with Gasteiger partial charge in [-0.15, -0.1) is 0 Å². The van der Waals surface area contributed by atoms with Crippen LogP contribution in [0.15, 0.2) is 34.1 Å².